The Kier molecular flexibility index (Phi) is 3.85. The predicted octanol–water partition coefficient (Wildman–Crippen LogP) is 1.23. The Morgan fingerprint density at radius 3 is 3.00 bits per heavy atom. The molecule has 0 fully saturated rings. The zero-order valence-corrected chi connectivity index (χ0v) is 12.8. The van der Waals surface area contributed by atoms with Crippen molar-refractivity contribution in [3.63, 3.8) is 0 Å². The van der Waals surface area contributed by atoms with E-state index < -0.39 is 0 Å². The Hall–Kier alpha value is -2.34. The Labute approximate surface area is 128 Å². The van der Waals surface area contributed by atoms with Crippen LogP contribution in [-0.4, -0.2) is 28.5 Å². The van der Waals surface area contributed by atoms with Gasteiger partial charge in [-0.05, 0) is 30.2 Å². The maximum absolute atomic E-state index is 12.0. The fourth-order valence-corrected chi connectivity index (χ4v) is 2.85. The van der Waals surface area contributed by atoms with Gasteiger partial charge in [0.25, 0.3) is 5.56 Å². The SMILES string of the molecule is COc1ccc(CN2CCc3nc(N)[nH]c(=O)c3C2)c(C)c1. The number of nitrogen functional groups attached to an aromatic ring is 1. The normalized spacial score (nSPS) is 14.6. The first-order valence-electron chi connectivity index (χ1n) is 7.30. The lowest BCUT2D eigenvalue weighted by molar-refractivity contribution is 0.241. The molecule has 116 valence electrons. The number of hydrogen-bond donors (Lipinski definition) is 2. The second-order valence-electron chi connectivity index (χ2n) is 5.63. The Morgan fingerprint density at radius 2 is 2.27 bits per heavy atom. The highest BCUT2D eigenvalue weighted by Gasteiger charge is 2.21. The third-order valence-corrected chi connectivity index (χ3v) is 4.11. The summed E-state index contributed by atoms with van der Waals surface area (Å²) in [6.07, 6.45) is 0.749. The number of anilines is 1. The second-order valence-corrected chi connectivity index (χ2v) is 5.63. The number of aromatic nitrogens is 2. The first kappa shape index (κ1) is 14.6. The van der Waals surface area contributed by atoms with Gasteiger partial charge in [-0.15, -0.1) is 0 Å². The van der Waals surface area contributed by atoms with Crippen LogP contribution < -0.4 is 16.0 Å². The molecular weight excluding hydrogens is 280 g/mol. The Bertz CT molecular complexity index is 754. The number of fused-ring (bicyclic) bond motifs is 1. The first-order valence-corrected chi connectivity index (χ1v) is 7.30. The lowest BCUT2D eigenvalue weighted by atomic mass is 10.0. The van der Waals surface area contributed by atoms with Crippen molar-refractivity contribution >= 4 is 5.95 Å². The fraction of sp³-hybridized carbons (Fsp3) is 0.375. The summed E-state index contributed by atoms with van der Waals surface area (Å²) in [5.74, 6) is 1.06. The minimum absolute atomic E-state index is 0.126. The molecule has 1 aromatic carbocycles. The smallest absolute Gasteiger partial charge is 0.257 e. The van der Waals surface area contributed by atoms with Crippen molar-refractivity contribution in [2.24, 2.45) is 0 Å². The summed E-state index contributed by atoms with van der Waals surface area (Å²) in [6, 6.07) is 6.08. The van der Waals surface area contributed by atoms with Crippen LogP contribution in [0.4, 0.5) is 5.95 Å². The monoisotopic (exact) mass is 300 g/mol. The minimum Gasteiger partial charge on any atom is -0.497 e. The molecule has 0 atom stereocenters. The van der Waals surface area contributed by atoms with Crippen molar-refractivity contribution in [1.29, 1.82) is 0 Å². The standard InChI is InChI=1S/C16H20N4O2/c1-10-7-12(22-2)4-3-11(10)8-20-6-5-14-13(9-20)15(21)19-16(17)18-14/h3-4,7H,5-6,8-9H2,1-2H3,(H3,17,18,19,21). The summed E-state index contributed by atoms with van der Waals surface area (Å²) in [5, 5.41) is 0. The van der Waals surface area contributed by atoms with Crippen LogP contribution in [0, 0.1) is 6.92 Å². The summed E-state index contributed by atoms with van der Waals surface area (Å²) in [6.45, 7) is 4.35. The van der Waals surface area contributed by atoms with Gasteiger partial charge >= 0.3 is 0 Å². The van der Waals surface area contributed by atoms with Gasteiger partial charge in [-0.1, -0.05) is 6.07 Å². The third-order valence-electron chi connectivity index (χ3n) is 4.11. The number of aromatic amines is 1. The molecule has 0 saturated heterocycles. The van der Waals surface area contributed by atoms with Crippen LogP contribution in [0.15, 0.2) is 23.0 Å². The maximum Gasteiger partial charge on any atom is 0.257 e. The van der Waals surface area contributed by atoms with Crippen LogP contribution in [0.2, 0.25) is 0 Å². The van der Waals surface area contributed by atoms with Crippen molar-refractivity contribution in [1.82, 2.24) is 14.9 Å². The molecule has 2 heterocycles. The molecule has 6 nitrogen and oxygen atoms in total. The molecule has 0 bridgehead atoms. The zero-order chi connectivity index (χ0) is 15.7. The zero-order valence-electron chi connectivity index (χ0n) is 12.8. The van der Waals surface area contributed by atoms with Gasteiger partial charge in [0.15, 0.2) is 0 Å². The van der Waals surface area contributed by atoms with E-state index >= 15 is 0 Å². The number of methoxy groups -OCH3 is 1. The van der Waals surface area contributed by atoms with Gasteiger partial charge in [-0.25, -0.2) is 4.98 Å². The molecular formula is C16H20N4O2. The van der Waals surface area contributed by atoms with Crippen LogP contribution in [0.1, 0.15) is 22.4 Å². The number of benzene rings is 1. The van der Waals surface area contributed by atoms with E-state index in [1.54, 1.807) is 7.11 Å². The van der Waals surface area contributed by atoms with Crippen molar-refractivity contribution in [2.75, 3.05) is 19.4 Å². The summed E-state index contributed by atoms with van der Waals surface area (Å²) >= 11 is 0. The Morgan fingerprint density at radius 1 is 1.45 bits per heavy atom. The number of nitrogens with two attached hydrogens (primary N) is 1. The van der Waals surface area contributed by atoms with Crippen LogP contribution in [0.3, 0.4) is 0 Å². The van der Waals surface area contributed by atoms with Gasteiger partial charge in [0.2, 0.25) is 5.95 Å². The van der Waals surface area contributed by atoms with Crippen molar-refractivity contribution in [3.05, 3.63) is 50.9 Å². The molecule has 0 unspecified atom stereocenters. The van der Waals surface area contributed by atoms with Gasteiger partial charge in [0, 0.05) is 26.1 Å². The molecule has 22 heavy (non-hydrogen) atoms. The summed E-state index contributed by atoms with van der Waals surface area (Å²) in [7, 11) is 1.67. The first-order chi connectivity index (χ1) is 10.6. The van der Waals surface area contributed by atoms with E-state index in [1.165, 1.54) is 11.1 Å². The molecule has 1 aliphatic rings. The van der Waals surface area contributed by atoms with E-state index in [-0.39, 0.29) is 11.5 Å². The molecule has 6 heteroatoms. The molecule has 1 aromatic heterocycles. The van der Waals surface area contributed by atoms with Crippen molar-refractivity contribution in [3.8, 4) is 5.75 Å². The molecule has 0 spiro atoms. The fourth-order valence-electron chi connectivity index (χ4n) is 2.85. The van der Waals surface area contributed by atoms with Crippen molar-refractivity contribution in [2.45, 2.75) is 26.4 Å². The van der Waals surface area contributed by atoms with E-state index in [9.17, 15) is 4.79 Å². The average molecular weight is 300 g/mol. The topological polar surface area (TPSA) is 84.2 Å². The highest BCUT2D eigenvalue weighted by Crippen LogP contribution is 2.21. The number of nitrogens with zero attached hydrogens (tertiary/aromatic N) is 2. The Balaban J connectivity index is 1.79. The third kappa shape index (κ3) is 2.82. The largest absolute Gasteiger partial charge is 0.497 e. The number of hydrogen-bond acceptors (Lipinski definition) is 5. The van der Waals surface area contributed by atoms with Crippen molar-refractivity contribution < 1.29 is 4.74 Å². The highest BCUT2D eigenvalue weighted by molar-refractivity contribution is 5.35. The average Bonchev–Trinajstić information content (AvgIpc) is 2.49. The maximum atomic E-state index is 12.0. The molecule has 0 saturated carbocycles. The molecule has 0 radical (unpaired) electrons. The van der Waals surface area contributed by atoms with Crippen LogP contribution in [0.25, 0.3) is 0 Å². The number of ether oxygens (including phenoxy) is 1. The second kappa shape index (κ2) is 5.81. The molecule has 3 N–H and O–H groups in total. The number of aryl methyl sites for hydroxylation is 1. The van der Waals surface area contributed by atoms with E-state index in [1.807, 2.05) is 12.1 Å². The summed E-state index contributed by atoms with van der Waals surface area (Å²) < 4.78 is 5.23. The number of nitrogens with one attached hydrogen (secondary N) is 1. The molecule has 3 rings (SSSR count). The lowest BCUT2D eigenvalue weighted by Gasteiger charge is -2.28. The van der Waals surface area contributed by atoms with Crippen LogP contribution in [-0.2, 0) is 19.5 Å². The van der Waals surface area contributed by atoms with Gasteiger partial charge in [-0.3, -0.25) is 14.7 Å². The van der Waals surface area contributed by atoms with E-state index in [4.69, 9.17) is 10.5 Å². The van der Waals surface area contributed by atoms with E-state index in [0.717, 1.165) is 36.5 Å². The van der Waals surface area contributed by atoms with Gasteiger partial charge in [0.1, 0.15) is 5.75 Å². The van der Waals surface area contributed by atoms with Crippen LogP contribution >= 0.6 is 0 Å². The molecule has 2 aromatic rings. The molecule has 0 aliphatic carbocycles. The quantitative estimate of drug-likeness (QED) is 0.890. The van der Waals surface area contributed by atoms with E-state index in [2.05, 4.69) is 27.9 Å². The highest BCUT2D eigenvalue weighted by atomic mass is 16.5. The van der Waals surface area contributed by atoms with Crippen LogP contribution in [0.5, 0.6) is 5.75 Å². The lowest BCUT2D eigenvalue weighted by Crippen LogP contribution is -2.35. The van der Waals surface area contributed by atoms with Gasteiger partial charge in [-0.2, -0.15) is 0 Å². The minimum atomic E-state index is -0.126. The molecule has 1 aliphatic heterocycles. The van der Waals surface area contributed by atoms with Gasteiger partial charge in [0.05, 0.1) is 18.4 Å². The summed E-state index contributed by atoms with van der Waals surface area (Å²) in [5.41, 5.74) is 9.45. The van der Waals surface area contributed by atoms with E-state index in [0.29, 0.717) is 6.54 Å². The number of H-pyrrole nitrogens is 1. The predicted molar refractivity (Wildman–Crippen MR) is 84.8 cm³/mol. The summed E-state index contributed by atoms with van der Waals surface area (Å²) in [4.78, 5) is 21.1. The van der Waals surface area contributed by atoms with Gasteiger partial charge < -0.3 is 10.5 Å². The number of rotatable bonds is 3. The molecule has 0 amide bonds.